The Morgan fingerprint density at radius 3 is 2.54 bits per heavy atom. The smallest absolute Gasteiger partial charge is 0.0644 e. The third-order valence-electron chi connectivity index (χ3n) is 4.88. The molecule has 0 aliphatic carbocycles. The van der Waals surface area contributed by atoms with Gasteiger partial charge in [0.2, 0.25) is 0 Å². The second-order valence-electron chi connectivity index (χ2n) is 6.87. The van der Waals surface area contributed by atoms with Gasteiger partial charge in [0.1, 0.15) is 0 Å². The minimum absolute atomic E-state index is 0.617. The van der Waals surface area contributed by atoms with Gasteiger partial charge in [-0.3, -0.25) is 4.90 Å². The fraction of sp³-hybridized carbons (Fsp3) is 0.429. The molecule has 4 nitrogen and oxygen atoms in total. The normalized spacial score (nSPS) is 15.3. The van der Waals surface area contributed by atoms with Gasteiger partial charge in [-0.2, -0.15) is 0 Å². The maximum atomic E-state index is 6.21. The standard InChI is InChI=1S/C21H28ClN3O/c1-16-13-19(14-20(22)21(16)23)18-5-3-17(4-6-18)15-24-7-2-8-25-9-11-26-12-10-25/h3-6,13-14,24H,2,7-12,15,23H2,1H3. The molecular formula is C21H28ClN3O. The second-order valence-corrected chi connectivity index (χ2v) is 7.28. The zero-order valence-corrected chi connectivity index (χ0v) is 16.2. The van der Waals surface area contributed by atoms with Gasteiger partial charge in [-0.25, -0.2) is 0 Å². The van der Waals surface area contributed by atoms with Crippen LogP contribution in [-0.2, 0) is 11.3 Å². The van der Waals surface area contributed by atoms with Crippen LogP contribution in [0.5, 0.6) is 0 Å². The molecule has 0 aromatic heterocycles. The molecule has 0 atom stereocenters. The van der Waals surface area contributed by atoms with E-state index in [9.17, 15) is 0 Å². The predicted molar refractivity (Wildman–Crippen MR) is 110 cm³/mol. The Bertz CT molecular complexity index is 689. The molecule has 26 heavy (non-hydrogen) atoms. The number of nitrogen functional groups attached to an aromatic ring is 1. The van der Waals surface area contributed by atoms with Crippen LogP contribution in [0.3, 0.4) is 0 Å². The lowest BCUT2D eigenvalue weighted by Gasteiger charge is -2.26. The summed E-state index contributed by atoms with van der Waals surface area (Å²) in [6.45, 7) is 8.94. The largest absolute Gasteiger partial charge is 0.397 e. The molecule has 140 valence electrons. The zero-order chi connectivity index (χ0) is 18.4. The number of benzene rings is 2. The SMILES string of the molecule is Cc1cc(-c2ccc(CNCCCN3CCOCC3)cc2)cc(Cl)c1N. The van der Waals surface area contributed by atoms with Crippen molar-refractivity contribution in [3.8, 4) is 11.1 Å². The van der Waals surface area contributed by atoms with Crippen LogP contribution in [0.1, 0.15) is 17.5 Å². The fourth-order valence-electron chi connectivity index (χ4n) is 3.22. The van der Waals surface area contributed by atoms with Crippen molar-refractivity contribution in [3.63, 3.8) is 0 Å². The first-order chi connectivity index (χ1) is 12.6. The Balaban J connectivity index is 1.45. The number of halogens is 1. The summed E-state index contributed by atoms with van der Waals surface area (Å²) in [4.78, 5) is 2.47. The van der Waals surface area contributed by atoms with E-state index in [2.05, 4.69) is 40.5 Å². The van der Waals surface area contributed by atoms with E-state index in [1.807, 2.05) is 13.0 Å². The molecule has 3 rings (SSSR count). The highest BCUT2D eigenvalue weighted by atomic mass is 35.5. The molecule has 0 radical (unpaired) electrons. The Labute approximate surface area is 161 Å². The first kappa shape index (κ1) is 19.2. The van der Waals surface area contributed by atoms with E-state index in [0.29, 0.717) is 10.7 Å². The van der Waals surface area contributed by atoms with Crippen LogP contribution in [0, 0.1) is 6.92 Å². The van der Waals surface area contributed by atoms with Crippen molar-refractivity contribution in [2.24, 2.45) is 0 Å². The van der Waals surface area contributed by atoms with Crippen molar-refractivity contribution in [1.82, 2.24) is 10.2 Å². The lowest BCUT2D eigenvalue weighted by molar-refractivity contribution is 0.0374. The average molecular weight is 374 g/mol. The number of rotatable bonds is 7. The molecule has 2 aromatic rings. The van der Waals surface area contributed by atoms with Gasteiger partial charge >= 0.3 is 0 Å². The Morgan fingerprint density at radius 2 is 1.85 bits per heavy atom. The van der Waals surface area contributed by atoms with E-state index in [1.54, 1.807) is 0 Å². The van der Waals surface area contributed by atoms with E-state index in [4.69, 9.17) is 22.1 Å². The minimum atomic E-state index is 0.617. The number of nitrogens with zero attached hydrogens (tertiary/aromatic N) is 1. The Kier molecular flexibility index (Phi) is 6.92. The van der Waals surface area contributed by atoms with Crippen LogP contribution in [0.2, 0.25) is 5.02 Å². The molecular weight excluding hydrogens is 346 g/mol. The summed E-state index contributed by atoms with van der Waals surface area (Å²) in [6.07, 6.45) is 1.17. The topological polar surface area (TPSA) is 50.5 Å². The third-order valence-corrected chi connectivity index (χ3v) is 5.20. The van der Waals surface area contributed by atoms with Gasteiger partial charge in [0, 0.05) is 19.6 Å². The van der Waals surface area contributed by atoms with Crippen LogP contribution in [0.15, 0.2) is 36.4 Å². The Morgan fingerprint density at radius 1 is 1.12 bits per heavy atom. The van der Waals surface area contributed by atoms with Gasteiger partial charge < -0.3 is 15.8 Å². The lowest BCUT2D eigenvalue weighted by atomic mass is 10.0. The van der Waals surface area contributed by atoms with Gasteiger partial charge in [0.15, 0.2) is 0 Å². The molecule has 0 amide bonds. The fourth-order valence-corrected chi connectivity index (χ4v) is 3.49. The highest BCUT2D eigenvalue weighted by Gasteiger charge is 2.09. The van der Waals surface area contributed by atoms with E-state index < -0.39 is 0 Å². The number of anilines is 1. The zero-order valence-electron chi connectivity index (χ0n) is 15.4. The summed E-state index contributed by atoms with van der Waals surface area (Å²) in [6, 6.07) is 12.6. The maximum Gasteiger partial charge on any atom is 0.0644 e. The third kappa shape index (κ3) is 5.21. The van der Waals surface area contributed by atoms with E-state index in [1.165, 1.54) is 12.0 Å². The quantitative estimate of drug-likeness (QED) is 0.573. The van der Waals surface area contributed by atoms with E-state index in [-0.39, 0.29) is 0 Å². The van der Waals surface area contributed by atoms with Gasteiger partial charge in [0.05, 0.1) is 23.9 Å². The molecule has 2 aromatic carbocycles. The number of aryl methyl sites for hydroxylation is 1. The lowest BCUT2D eigenvalue weighted by Crippen LogP contribution is -2.37. The molecule has 0 spiro atoms. The van der Waals surface area contributed by atoms with E-state index in [0.717, 1.165) is 62.6 Å². The minimum Gasteiger partial charge on any atom is -0.397 e. The summed E-state index contributed by atoms with van der Waals surface area (Å²) in [5.74, 6) is 0. The van der Waals surface area contributed by atoms with Crippen LogP contribution in [0.4, 0.5) is 5.69 Å². The van der Waals surface area contributed by atoms with Gasteiger partial charge in [-0.1, -0.05) is 35.9 Å². The molecule has 1 aliphatic heterocycles. The average Bonchev–Trinajstić information content (AvgIpc) is 2.67. The number of hydrogen-bond acceptors (Lipinski definition) is 4. The van der Waals surface area contributed by atoms with Crippen molar-refractivity contribution in [1.29, 1.82) is 0 Å². The van der Waals surface area contributed by atoms with Gasteiger partial charge in [0.25, 0.3) is 0 Å². The number of hydrogen-bond donors (Lipinski definition) is 2. The van der Waals surface area contributed by atoms with Crippen molar-refractivity contribution in [2.45, 2.75) is 19.9 Å². The number of nitrogens with one attached hydrogen (secondary N) is 1. The van der Waals surface area contributed by atoms with Crippen LogP contribution >= 0.6 is 11.6 Å². The molecule has 0 bridgehead atoms. The molecule has 1 heterocycles. The highest BCUT2D eigenvalue weighted by Crippen LogP contribution is 2.30. The first-order valence-electron chi connectivity index (χ1n) is 9.29. The Hall–Kier alpha value is -1.59. The molecule has 1 fully saturated rings. The molecule has 1 aliphatic rings. The predicted octanol–water partition coefficient (Wildman–Crippen LogP) is 3.71. The second kappa shape index (κ2) is 9.38. The van der Waals surface area contributed by atoms with Crippen molar-refractivity contribution in [3.05, 3.63) is 52.5 Å². The van der Waals surface area contributed by atoms with Crippen molar-refractivity contribution in [2.75, 3.05) is 45.1 Å². The summed E-state index contributed by atoms with van der Waals surface area (Å²) < 4.78 is 5.37. The summed E-state index contributed by atoms with van der Waals surface area (Å²) >= 11 is 6.21. The van der Waals surface area contributed by atoms with Crippen LogP contribution in [0.25, 0.3) is 11.1 Å². The summed E-state index contributed by atoms with van der Waals surface area (Å²) in [7, 11) is 0. The van der Waals surface area contributed by atoms with E-state index >= 15 is 0 Å². The molecule has 5 heteroatoms. The number of ether oxygens (including phenoxy) is 1. The van der Waals surface area contributed by atoms with Crippen molar-refractivity contribution >= 4 is 17.3 Å². The number of nitrogens with two attached hydrogens (primary N) is 1. The molecule has 3 N–H and O–H groups in total. The number of morpholine rings is 1. The molecule has 1 saturated heterocycles. The van der Waals surface area contributed by atoms with Crippen LogP contribution in [-0.4, -0.2) is 44.3 Å². The van der Waals surface area contributed by atoms with Crippen LogP contribution < -0.4 is 11.1 Å². The highest BCUT2D eigenvalue weighted by molar-refractivity contribution is 6.33. The molecule has 0 saturated carbocycles. The van der Waals surface area contributed by atoms with Gasteiger partial charge in [-0.15, -0.1) is 0 Å². The molecule has 0 unspecified atom stereocenters. The maximum absolute atomic E-state index is 6.21. The van der Waals surface area contributed by atoms with Crippen molar-refractivity contribution < 1.29 is 4.74 Å². The summed E-state index contributed by atoms with van der Waals surface area (Å²) in [5.41, 5.74) is 11.2. The first-order valence-corrected chi connectivity index (χ1v) is 9.67. The monoisotopic (exact) mass is 373 g/mol. The summed E-state index contributed by atoms with van der Waals surface area (Å²) in [5, 5.41) is 4.15. The van der Waals surface area contributed by atoms with Gasteiger partial charge in [-0.05, 0) is 60.8 Å².